The lowest BCUT2D eigenvalue weighted by atomic mass is 9.77. The van der Waals surface area contributed by atoms with Gasteiger partial charge in [-0.1, -0.05) is 96.2 Å². The second kappa shape index (κ2) is 16.4. The van der Waals surface area contributed by atoms with Crippen LogP contribution in [0.2, 0.25) is 0 Å². The van der Waals surface area contributed by atoms with Crippen molar-refractivity contribution in [3.05, 3.63) is 119 Å². The van der Waals surface area contributed by atoms with Gasteiger partial charge in [0.15, 0.2) is 17.5 Å². The number of nitrogens with one attached hydrogen (secondary N) is 2. The molecule has 55 heavy (non-hydrogen) atoms. The Morgan fingerprint density at radius 1 is 0.782 bits per heavy atom. The van der Waals surface area contributed by atoms with Crippen LogP contribution in [0, 0.1) is 0 Å². The molecule has 290 valence electrons. The largest absolute Gasteiger partial charge is 0.458 e. The summed E-state index contributed by atoms with van der Waals surface area (Å²) in [6, 6.07) is 28.8. The highest BCUT2D eigenvalue weighted by Gasteiger charge is 2.57. The smallest absolute Gasteiger partial charge is 0.347 e. The Hall–Kier alpha value is -5.60. The second-order valence-corrected chi connectivity index (χ2v) is 16.2. The fraction of sp³-hybridized carbons (Fsp3) is 0.366. The highest BCUT2D eigenvalue weighted by atomic mass is 32.1. The molecule has 1 saturated heterocycles. The number of carbonyl (C=O) groups excluding carboxylic acids is 4. The topological polar surface area (TPSA) is 158 Å². The summed E-state index contributed by atoms with van der Waals surface area (Å²) in [5.41, 5.74) is -0.792. The maximum atomic E-state index is 14.0. The Bertz CT molecular complexity index is 1910. The lowest BCUT2D eigenvalue weighted by Gasteiger charge is -2.51. The van der Waals surface area contributed by atoms with Gasteiger partial charge in [-0.2, -0.15) is 0 Å². The van der Waals surface area contributed by atoms with Crippen LogP contribution in [0.4, 0.5) is 5.13 Å². The van der Waals surface area contributed by atoms with Gasteiger partial charge in [-0.25, -0.2) is 19.6 Å². The van der Waals surface area contributed by atoms with Gasteiger partial charge in [0.25, 0.3) is 11.8 Å². The fourth-order valence-electron chi connectivity index (χ4n) is 6.02. The van der Waals surface area contributed by atoms with E-state index in [0.29, 0.717) is 5.13 Å². The van der Waals surface area contributed by atoms with Crippen LogP contribution in [-0.4, -0.2) is 75.5 Å². The van der Waals surface area contributed by atoms with Crippen molar-refractivity contribution < 1.29 is 38.3 Å². The molecule has 0 radical (unpaired) electrons. The number of nitrogens with zero attached hydrogens (tertiary/aromatic N) is 3. The molecule has 14 heteroatoms. The normalized spacial score (nSPS) is 15.8. The van der Waals surface area contributed by atoms with Gasteiger partial charge >= 0.3 is 11.9 Å². The number of aromatic nitrogens is 1. The number of amides is 2. The van der Waals surface area contributed by atoms with Crippen LogP contribution in [0.15, 0.2) is 102 Å². The summed E-state index contributed by atoms with van der Waals surface area (Å²) in [6.45, 7) is 12.6. The number of hydroxylamine groups is 2. The molecule has 0 aliphatic carbocycles. The molecule has 0 bridgehead atoms. The number of thiazole rings is 1. The molecule has 2 amide bonds. The minimum Gasteiger partial charge on any atom is -0.458 e. The lowest BCUT2D eigenvalue weighted by Crippen LogP contribution is -2.76. The number of esters is 2. The number of anilines is 1. The number of carbonyl (C=O) groups is 4. The molecule has 1 aliphatic heterocycles. The first kappa shape index (κ1) is 40.6. The van der Waals surface area contributed by atoms with Crippen molar-refractivity contribution in [2.45, 2.75) is 83.7 Å². The zero-order valence-electron chi connectivity index (χ0n) is 32.2. The minimum absolute atomic E-state index is 0.125. The van der Waals surface area contributed by atoms with Crippen molar-refractivity contribution in [2.75, 3.05) is 18.5 Å². The molecule has 2 N–H and O–H groups in total. The summed E-state index contributed by atoms with van der Waals surface area (Å²) in [4.78, 5) is 67.6. The molecule has 0 saturated carbocycles. The summed E-state index contributed by atoms with van der Waals surface area (Å²) in [5, 5.41) is 13.5. The highest BCUT2D eigenvalue weighted by molar-refractivity contribution is 7.14. The monoisotopic (exact) mass is 769 g/mol. The van der Waals surface area contributed by atoms with Crippen LogP contribution < -0.4 is 10.6 Å². The highest BCUT2D eigenvalue weighted by Crippen LogP contribution is 2.41. The van der Waals surface area contributed by atoms with E-state index < -0.39 is 65.3 Å². The molecule has 3 aromatic carbocycles. The predicted molar refractivity (Wildman–Crippen MR) is 208 cm³/mol. The van der Waals surface area contributed by atoms with Crippen molar-refractivity contribution in [1.82, 2.24) is 15.4 Å². The van der Waals surface area contributed by atoms with Crippen molar-refractivity contribution in [3.8, 4) is 0 Å². The summed E-state index contributed by atoms with van der Waals surface area (Å²) >= 11 is 1.24. The summed E-state index contributed by atoms with van der Waals surface area (Å²) in [7, 11) is 0. The van der Waals surface area contributed by atoms with E-state index in [2.05, 4.69) is 15.8 Å². The third-order valence-electron chi connectivity index (χ3n) is 8.32. The van der Waals surface area contributed by atoms with E-state index in [1.165, 1.54) is 11.3 Å². The van der Waals surface area contributed by atoms with Gasteiger partial charge in [0.2, 0.25) is 6.61 Å². The van der Waals surface area contributed by atoms with E-state index in [1.807, 2.05) is 91.0 Å². The molecule has 1 fully saturated rings. The van der Waals surface area contributed by atoms with Gasteiger partial charge in [0, 0.05) is 5.38 Å². The summed E-state index contributed by atoms with van der Waals surface area (Å²) in [6.07, 6.45) is 0. The number of rotatable bonds is 14. The maximum absolute atomic E-state index is 14.0. The Morgan fingerprint density at radius 3 is 1.71 bits per heavy atom. The van der Waals surface area contributed by atoms with Gasteiger partial charge in [0.1, 0.15) is 28.5 Å². The molecule has 1 aromatic heterocycles. The molecule has 1 aliphatic rings. The van der Waals surface area contributed by atoms with Gasteiger partial charge in [0.05, 0.1) is 5.54 Å². The number of hydrogen-bond donors (Lipinski definition) is 2. The van der Waals surface area contributed by atoms with E-state index in [0.717, 1.165) is 21.8 Å². The molecule has 5 rings (SSSR count). The first-order valence-corrected chi connectivity index (χ1v) is 18.6. The van der Waals surface area contributed by atoms with Gasteiger partial charge < -0.3 is 24.9 Å². The number of oxime groups is 1. The van der Waals surface area contributed by atoms with Crippen LogP contribution in [-0.2, 0) is 43.9 Å². The second-order valence-electron chi connectivity index (χ2n) is 15.4. The van der Waals surface area contributed by atoms with Gasteiger partial charge in [-0.05, 0) is 72.1 Å². The van der Waals surface area contributed by atoms with Crippen LogP contribution in [0.25, 0.3) is 0 Å². The van der Waals surface area contributed by atoms with Crippen LogP contribution in [0.1, 0.15) is 77.8 Å². The first-order chi connectivity index (χ1) is 25.9. The summed E-state index contributed by atoms with van der Waals surface area (Å²) < 4.78 is 10.6. The molecule has 1 unspecified atom stereocenters. The van der Waals surface area contributed by atoms with Crippen molar-refractivity contribution in [3.63, 3.8) is 0 Å². The molecule has 2 heterocycles. The molecule has 1 atom stereocenters. The van der Waals surface area contributed by atoms with Crippen LogP contribution in [0.5, 0.6) is 0 Å². The Balaban J connectivity index is 1.45. The molecule has 4 aromatic rings. The zero-order valence-corrected chi connectivity index (χ0v) is 33.1. The van der Waals surface area contributed by atoms with Crippen LogP contribution in [0.3, 0.4) is 0 Å². The van der Waals surface area contributed by atoms with Crippen molar-refractivity contribution in [1.29, 1.82) is 0 Å². The van der Waals surface area contributed by atoms with Gasteiger partial charge in [-0.3, -0.25) is 14.4 Å². The Morgan fingerprint density at radius 2 is 1.25 bits per heavy atom. The first-order valence-electron chi connectivity index (χ1n) is 17.7. The predicted octanol–water partition coefficient (Wildman–Crippen LogP) is 5.99. The van der Waals surface area contributed by atoms with Gasteiger partial charge in [-0.15, -0.1) is 11.3 Å². The lowest BCUT2D eigenvalue weighted by molar-refractivity contribution is -0.259. The van der Waals surface area contributed by atoms with E-state index in [9.17, 15) is 19.2 Å². The molecule has 0 spiro atoms. The standard InChI is InChI=1S/C41H47N5O8S/c1-38(2,3)53-31(47)24-51-45-33(35(49)43-34-36(50)46(40(34,7)8)52-25-32(48)54-39(4,5)6)30-26-55-37(42-30)44-41(27-18-12-9-13-19-27,28-20-14-10-15-21-28)29-22-16-11-17-23-29/h9-23,26,34H,24-25H2,1-8H3,(H,42,44)(H,43,49). The zero-order chi connectivity index (χ0) is 40.0. The Labute approximate surface area is 325 Å². The quantitative estimate of drug-likeness (QED) is 0.0514. The number of ether oxygens (including phenoxy) is 2. The number of benzene rings is 3. The van der Waals surface area contributed by atoms with E-state index in [4.69, 9.17) is 24.1 Å². The third kappa shape index (κ3) is 9.75. The minimum atomic E-state index is -1.06. The number of β-lactam (4-membered cyclic amide) rings is 1. The summed E-state index contributed by atoms with van der Waals surface area (Å²) in [5.74, 6) is -2.72. The van der Waals surface area contributed by atoms with Crippen molar-refractivity contribution >= 4 is 45.9 Å². The number of hydrogen-bond acceptors (Lipinski definition) is 12. The Kier molecular flexibility index (Phi) is 12.1. The average Bonchev–Trinajstić information content (AvgIpc) is 3.58. The maximum Gasteiger partial charge on any atom is 0.347 e. The van der Waals surface area contributed by atoms with Crippen LogP contribution >= 0.6 is 11.3 Å². The average molecular weight is 770 g/mol. The molecular weight excluding hydrogens is 723 g/mol. The third-order valence-corrected chi connectivity index (χ3v) is 9.08. The molecular formula is C41H47N5O8S. The fourth-order valence-corrected chi connectivity index (χ4v) is 6.77. The SMILES string of the molecule is CC(C)(C)OC(=O)CON=C(C(=O)NC1C(=O)N(OCC(=O)OC(C)(C)C)C1(C)C)c1csc(NC(c2ccccc2)(c2ccccc2)c2ccccc2)n1. The molecule has 13 nitrogen and oxygen atoms in total. The van der Waals surface area contributed by atoms with E-state index in [1.54, 1.807) is 60.8 Å². The van der Waals surface area contributed by atoms with E-state index >= 15 is 0 Å². The van der Waals surface area contributed by atoms with E-state index in [-0.39, 0.29) is 11.4 Å². The van der Waals surface area contributed by atoms with Crippen molar-refractivity contribution in [2.24, 2.45) is 5.16 Å².